The first-order chi connectivity index (χ1) is 16.7. The van der Waals surface area contributed by atoms with E-state index >= 15 is 0 Å². The van der Waals surface area contributed by atoms with E-state index in [1.54, 1.807) is 0 Å². The second-order valence-electron chi connectivity index (χ2n) is 10.4. The molecular formula is C31H64O3. The molecule has 0 aliphatic heterocycles. The van der Waals surface area contributed by atoms with Gasteiger partial charge in [-0.3, -0.25) is 4.79 Å². The molecule has 0 spiro atoms. The van der Waals surface area contributed by atoms with Gasteiger partial charge in [-0.1, -0.05) is 168 Å². The Morgan fingerprint density at radius 3 is 0.882 bits per heavy atom. The molecule has 0 bridgehead atoms. The molecule has 34 heavy (non-hydrogen) atoms. The Labute approximate surface area is 214 Å². The molecule has 2 N–H and O–H groups in total. The van der Waals surface area contributed by atoms with Crippen molar-refractivity contribution in [2.75, 3.05) is 6.61 Å². The van der Waals surface area contributed by atoms with Crippen molar-refractivity contribution in [3.05, 3.63) is 0 Å². The molecule has 3 heteroatoms. The second kappa shape index (κ2) is 34.6. The summed E-state index contributed by atoms with van der Waals surface area (Å²) < 4.78 is 0. The first-order valence-corrected chi connectivity index (χ1v) is 15.5. The summed E-state index contributed by atoms with van der Waals surface area (Å²) in [5, 5.41) is 17.1. The molecule has 0 aliphatic carbocycles. The minimum Gasteiger partial charge on any atom is -0.481 e. The number of hydrogen-bond acceptors (Lipinski definition) is 2. The van der Waals surface area contributed by atoms with Crippen LogP contribution in [-0.4, -0.2) is 22.8 Å². The Hall–Kier alpha value is -0.570. The lowest BCUT2D eigenvalue weighted by molar-refractivity contribution is -0.137. The molecule has 0 unspecified atom stereocenters. The maximum absolute atomic E-state index is 10.3. The highest BCUT2D eigenvalue weighted by molar-refractivity contribution is 5.66. The number of carboxylic acid groups (broad SMARTS) is 1. The van der Waals surface area contributed by atoms with Crippen LogP contribution in [0.3, 0.4) is 0 Å². The second-order valence-corrected chi connectivity index (χ2v) is 10.4. The fourth-order valence-corrected chi connectivity index (χ4v) is 4.42. The topological polar surface area (TPSA) is 57.5 Å². The molecule has 0 aromatic rings. The van der Waals surface area contributed by atoms with Gasteiger partial charge in [-0.05, 0) is 12.8 Å². The summed E-state index contributed by atoms with van der Waals surface area (Å²) in [4.78, 5) is 10.3. The highest BCUT2D eigenvalue weighted by Crippen LogP contribution is 2.14. The number of aliphatic hydroxyl groups is 1. The molecule has 0 fully saturated rings. The van der Waals surface area contributed by atoms with Crippen molar-refractivity contribution in [3.8, 4) is 0 Å². The van der Waals surface area contributed by atoms with Crippen LogP contribution in [0.1, 0.15) is 187 Å². The van der Waals surface area contributed by atoms with Crippen molar-refractivity contribution < 1.29 is 15.0 Å². The van der Waals surface area contributed by atoms with E-state index < -0.39 is 5.97 Å². The summed E-state index contributed by atoms with van der Waals surface area (Å²) in [5.74, 6) is -0.653. The minimum atomic E-state index is -0.653. The number of rotatable bonds is 27. The SMILES string of the molecule is CCCCCCCCCCCCCCCCCC(=O)O.CCCCCCCCCCCCCO. The molecule has 0 aromatic carbocycles. The van der Waals surface area contributed by atoms with Gasteiger partial charge in [-0.25, -0.2) is 0 Å². The van der Waals surface area contributed by atoms with Gasteiger partial charge in [-0.2, -0.15) is 0 Å². The zero-order valence-electron chi connectivity index (χ0n) is 23.6. The summed E-state index contributed by atoms with van der Waals surface area (Å²) in [6.07, 6.45) is 35.0. The average Bonchev–Trinajstić information content (AvgIpc) is 2.83. The number of carboxylic acids is 1. The summed E-state index contributed by atoms with van der Waals surface area (Å²) in [7, 11) is 0. The van der Waals surface area contributed by atoms with E-state index in [-0.39, 0.29) is 0 Å². The molecule has 0 aliphatic rings. The number of hydrogen-bond donors (Lipinski definition) is 2. The first-order valence-electron chi connectivity index (χ1n) is 15.5. The normalized spacial score (nSPS) is 10.8. The summed E-state index contributed by atoms with van der Waals surface area (Å²) in [6.45, 7) is 4.91. The number of aliphatic hydroxyl groups excluding tert-OH is 1. The molecule has 0 rings (SSSR count). The standard InChI is InChI=1S/C18H36O2.C13H28O/c1-2-3-4-5-6-7-8-9-10-11-12-13-14-15-16-17-18(19)20;1-2-3-4-5-6-7-8-9-10-11-12-13-14/h2-17H2,1H3,(H,19,20);14H,2-13H2,1H3. The predicted octanol–water partition coefficient (Wildman–Crippen LogP) is 10.6. The van der Waals surface area contributed by atoms with Crippen molar-refractivity contribution in [1.29, 1.82) is 0 Å². The van der Waals surface area contributed by atoms with Gasteiger partial charge in [0.2, 0.25) is 0 Å². The molecule has 3 nitrogen and oxygen atoms in total. The fraction of sp³-hybridized carbons (Fsp3) is 0.968. The van der Waals surface area contributed by atoms with E-state index in [0.29, 0.717) is 13.0 Å². The fourth-order valence-electron chi connectivity index (χ4n) is 4.42. The van der Waals surface area contributed by atoms with Crippen molar-refractivity contribution in [2.45, 2.75) is 187 Å². The van der Waals surface area contributed by atoms with Crippen LogP contribution in [0.4, 0.5) is 0 Å². The van der Waals surface area contributed by atoms with Gasteiger partial charge in [0, 0.05) is 13.0 Å². The molecule has 0 saturated heterocycles. The van der Waals surface area contributed by atoms with Gasteiger partial charge in [0.25, 0.3) is 0 Å². The van der Waals surface area contributed by atoms with Crippen LogP contribution in [-0.2, 0) is 4.79 Å². The lowest BCUT2D eigenvalue weighted by atomic mass is 10.0. The van der Waals surface area contributed by atoms with E-state index in [9.17, 15) is 4.79 Å². The van der Waals surface area contributed by atoms with E-state index in [2.05, 4.69) is 13.8 Å². The van der Waals surface area contributed by atoms with Crippen molar-refractivity contribution in [3.63, 3.8) is 0 Å². The molecular weight excluding hydrogens is 420 g/mol. The summed E-state index contributed by atoms with van der Waals surface area (Å²) >= 11 is 0. The van der Waals surface area contributed by atoms with Gasteiger partial charge >= 0.3 is 5.97 Å². The van der Waals surface area contributed by atoms with Gasteiger partial charge in [0.15, 0.2) is 0 Å². The third-order valence-electron chi connectivity index (χ3n) is 6.76. The van der Waals surface area contributed by atoms with Gasteiger partial charge in [0.1, 0.15) is 0 Å². The zero-order valence-corrected chi connectivity index (χ0v) is 23.6. The van der Waals surface area contributed by atoms with Crippen LogP contribution in [0, 0.1) is 0 Å². The predicted molar refractivity (Wildman–Crippen MR) is 151 cm³/mol. The summed E-state index contributed by atoms with van der Waals surface area (Å²) in [6, 6.07) is 0. The Bertz CT molecular complexity index is 345. The van der Waals surface area contributed by atoms with Crippen LogP contribution < -0.4 is 0 Å². The Balaban J connectivity index is 0. The lowest BCUT2D eigenvalue weighted by Gasteiger charge is -2.03. The quantitative estimate of drug-likeness (QED) is 0.114. The minimum absolute atomic E-state index is 0.345. The maximum atomic E-state index is 10.3. The van der Waals surface area contributed by atoms with Gasteiger partial charge < -0.3 is 10.2 Å². The van der Waals surface area contributed by atoms with Crippen LogP contribution in [0.25, 0.3) is 0 Å². The Kier molecular flexibility index (Phi) is 36.2. The van der Waals surface area contributed by atoms with Crippen molar-refractivity contribution in [2.24, 2.45) is 0 Å². The van der Waals surface area contributed by atoms with E-state index in [1.165, 1.54) is 148 Å². The lowest BCUT2D eigenvalue weighted by Crippen LogP contribution is -1.93. The molecule has 0 heterocycles. The number of aliphatic carboxylic acids is 1. The first kappa shape index (κ1) is 35.6. The van der Waals surface area contributed by atoms with Crippen LogP contribution in [0.5, 0.6) is 0 Å². The smallest absolute Gasteiger partial charge is 0.303 e. The largest absolute Gasteiger partial charge is 0.481 e. The van der Waals surface area contributed by atoms with E-state index in [0.717, 1.165) is 19.3 Å². The van der Waals surface area contributed by atoms with Crippen LogP contribution in [0.15, 0.2) is 0 Å². The maximum Gasteiger partial charge on any atom is 0.303 e. The third-order valence-corrected chi connectivity index (χ3v) is 6.76. The number of unbranched alkanes of at least 4 members (excludes halogenated alkanes) is 24. The molecule has 0 radical (unpaired) electrons. The number of carbonyl (C=O) groups is 1. The van der Waals surface area contributed by atoms with Gasteiger partial charge in [-0.15, -0.1) is 0 Å². The molecule has 0 aromatic heterocycles. The highest BCUT2D eigenvalue weighted by atomic mass is 16.4. The third kappa shape index (κ3) is 38.7. The van der Waals surface area contributed by atoms with Crippen molar-refractivity contribution >= 4 is 5.97 Å². The molecule has 0 atom stereocenters. The van der Waals surface area contributed by atoms with E-state index in [4.69, 9.17) is 10.2 Å². The van der Waals surface area contributed by atoms with Crippen molar-refractivity contribution in [1.82, 2.24) is 0 Å². The molecule has 0 saturated carbocycles. The highest BCUT2D eigenvalue weighted by Gasteiger charge is 1.97. The Morgan fingerprint density at radius 2 is 0.647 bits per heavy atom. The average molecular weight is 485 g/mol. The van der Waals surface area contributed by atoms with Crippen LogP contribution >= 0.6 is 0 Å². The van der Waals surface area contributed by atoms with E-state index in [1.807, 2.05) is 0 Å². The van der Waals surface area contributed by atoms with Gasteiger partial charge in [0.05, 0.1) is 0 Å². The summed E-state index contributed by atoms with van der Waals surface area (Å²) in [5.41, 5.74) is 0. The molecule has 206 valence electrons. The van der Waals surface area contributed by atoms with Crippen LogP contribution in [0.2, 0.25) is 0 Å². The Morgan fingerprint density at radius 1 is 0.412 bits per heavy atom. The monoisotopic (exact) mass is 484 g/mol. The zero-order chi connectivity index (χ0) is 25.4. The molecule has 0 amide bonds.